The van der Waals surface area contributed by atoms with E-state index in [0.29, 0.717) is 0 Å². The number of aryl methyl sites for hydroxylation is 4. The number of ketones is 1. The van der Waals surface area contributed by atoms with Crippen molar-refractivity contribution >= 4 is 11.5 Å². The zero-order valence-electron chi connectivity index (χ0n) is 13.0. The first-order valence-corrected chi connectivity index (χ1v) is 7.09. The number of hydrogen-bond donors (Lipinski definition) is 1. The fraction of sp³-hybridized carbons (Fsp3) is 0.211. The second-order valence-electron chi connectivity index (χ2n) is 5.48. The van der Waals surface area contributed by atoms with Crippen molar-refractivity contribution in [1.82, 2.24) is 0 Å². The summed E-state index contributed by atoms with van der Waals surface area (Å²) in [6.07, 6.45) is 3.30. The van der Waals surface area contributed by atoms with Crippen LogP contribution in [0.2, 0.25) is 0 Å². The lowest BCUT2D eigenvalue weighted by Gasteiger charge is -2.07. The third-order valence-electron chi connectivity index (χ3n) is 3.53. The van der Waals surface area contributed by atoms with Crippen LogP contribution in [0.25, 0.3) is 0 Å². The monoisotopic (exact) mass is 279 g/mol. The van der Waals surface area contributed by atoms with Crippen molar-refractivity contribution in [3.05, 3.63) is 76.5 Å². The number of allylic oxidation sites excluding steroid dienone is 1. The molecule has 2 aromatic carbocycles. The molecule has 0 aromatic heterocycles. The van der Waals surface area contributed by atoms with E-state index in [4.69, 9.17) is 0 Å². The molecule has 108 valence electrons. The summed E-state index contributed by atoms with van der Waals surface area (Å²) in [5.74, 6) is 0.0222. The Hall–Kier alpha value is -2.35. The molecule has 0 saturated carbocycles. The molecular formula is C19H21NO. The van der Waals surface area contributed by atoms with E-state index >= 15 is 0 Å². The summed E-state index contributed by atoms with van der Waals surface area (Å²) in [5.41, 5.74) is 6.23. The zero-order chi connectivity index (χ0) is 15.4. The maximum absolute atomic E-state index is 12.2. The van der Waals surface area contributed by atoms with Crippen LogP contribution in [0.1, 0.15) is 32.6 Å². The van der Waals surface area contributed by atoms with Crippen molar-refractivity contribution in [1.29, 1.82) is 0 Å². The number of benzene rings is 2. The Morgan fingerprint density at radius 3 is 2.24 bits per heavy atom. The first-order chi connectivity index (χ1) is 9.97. The van der Waals surface area contributed by atoms with Crippen molar-refractivity contribution in [2.45, 2.75) is 27.7 Å². The number of hydrogen-bond acceptors (Lipinski definition) is 2. The third kappa shape index (κ3) is 3.82. The Kier molecular flexibility index (Phi) is 4.59. The fourth-order valence-electron chi connectivity index (χ4n) is 2.19. The van der Waals surface area contributed by atoms with Gasteiger partial charge in [0.1, 0.15) is 0 Å². The topological polar surface area (TPSA) is 29.1 Å². The van der Waals surface area contributed by atoms with Crippen LogP contribution in [0.5, 0.6) is 0 Å². The van der Waals surface area contributed by atoms with Gasteiger partial charge in [0.05, 0.1) is 0 Å². The van der Waals surface area contributed by atoms with Gasteiger partial charge in [0.15, 0.2) is 5.78 Å². The molecule has 0 saturated heterocycles. The summed E-state index contributed by atoms with van der Waals surface area (Å²) >= 11 is 0. The molecule has 21 heavy (non-hydrogen) atoms. The Labute approximate surface area is 126 Å². The van der Waals surface area contributed by atoms with Crippen molar-refractivity contribution < 1.29 is 4.79 Å². The summed E-state index contributed by atoms with van der Waals surface area (Å²) in [7, 11) is 0. The Bertz CT molecular complexity index is 699. The van der Waals surface area contributed by atoms with E-state index in [1.807, 2.05) is 39.0 Å². The molecule has 0 radical (unpaired) electrons. The summed E-state index contributed by atoms with van der Waals surface area (Å²) in [4.78, 5) is 12.2. The maximum atomic E-state index is 12.2. The quantitative estimate of drug-likeness (QED) is 0.647. The second-order valence-corrected chi connectivity index (χ2v) is 5.48. The van der Waals surface area contributed by atoms with Crippen LogP contribution in [0.3, 0.4) is 0 Å². The van der Waals surface area contributed by atoms with Crippen LogP contribution < -0.4 is 5.32 Å². The van der Waals surface area contributed by atoms with E-state index in [1.165, 1.54) is 5.56 Å². The van der Waals surface area contributed by atoms with Crippen LogP contribution in [-0.2, 0) is 0 Å². The van der Waals surface area contributed by atoms with Crippen LogP contribution in [-0.4, -0.2) is 5.78 Å². The minimum atomic E-state index is 0.0222. The van der Waals surface area contributed by atoms with E-state index < -0.39 is 0 Å². The lowest BCUT2D eigenvalue weighted by molar-refractivity contribution is 0.104. The predicted molar refractivity (Wildman–Crippen MR) is 88.9 cm³/mol. The average molecular weight is 279 g/mol. The first kappa shape index (κ1) is 15.0. The van der Waals surface area contributed by atoms with Gasteiger partial charge >= 0.3 is 0 Å². The van der Waals surface area contributed by atoms with Crippen LogP contribution >= 0.6 is 0 Å². The molecule has 2 nitrogen and oxygen atoms in total. The molecule has 0 unspecified atom stereocenters. The summed E-state index contributed by atoms with van der Waals surface area (Å²) in [6.45, 7) is 8.05. The summed E-state index contributed by atoms with van der Waals surface area (Å²) in [5, 5.41) is 3.19. The molecule has 2 aromatic rings. The number of anilines is 1. The van der Waals surface area contributed by atoms with E-state index in [1.54, 1.807) is 12.3 Å². The van der Waals surface area contributed by atoms with E-state index in [-0.39, 0.29) is 5.78 Å². The highest BCUT2D eigenvalue weighted by atomic mass is 16.1. The smallest absolute Gasteiger partial charge is 0.187 e. The van der Waals surface area contributed by atoms with Crippen LogP contribution in [0.4, 0.5) is 5.69 Å². The molecule has 0 aliphatic rings. The lowest BCUT2D eigenvalue weighted by atomic mass is 10.0. The van der Waals surface area contributed by atoms with Gasteiger partial charge in [-0.25, -0.2) is 0 Å². The molecule has 0 atom stereocenters. The standard InChI is InChI=1S/C19H21NO/c1-13-5-7-15(3)17(11-13)19(21)9-10-20-18-12-14(2)6-8-16(18)4/h5-12,20H,1-4H3. The molecule has 0 aliphatic carbocycles. The largest absolute Gasteiger partial charge is 0.361 e. The van der Waals surface area contributed by atoms with Gasteiger partial charge in [0.2, 0.25) is 0 Å². The van der Waals surface area contributed by atoms with Crippen molar-refractivity contribution in [3.63, 3.8) is 0 Å². The second kappa shape index (κ2) is 6.40. The number of rotatable bonds is 4. The number of nitrogens with one attached hydrogen (secondary N) is 1. The highest BCUT2D eigenvalue weighted by Gasteiger charge is 2.05. The fourth-order valence-corrected chi connectivity index (χ4v) is 2.19. The van der Waals surface area contributed by atoms with Crippen LogP contribution in [0, 0.1) is 27.7 Å². The molecule has 0 fully saturated rings. The minimum absolute atomic E-state index is 0.0222. The van der Waals surface area contributed by atoms with Gasteiger partial charge in [-0.15, -0.1) is 0 Å². The third-order valence-corrected chi connectivity index (χ3v) is 3.53. The minimum Gasteiger partial charge on any atom is -0.361 e. The molecule has 0 spiro atoms. The number of carbonyl (C=O) groups is 1. The SMILES string of the molecule is Cc1ccc(C)c(NC=CC(=O)c2cc(C)ccc2C)c1. The maximum Gasteiger partial charge on any atom is 0.187 e. The van der Waals surface area contributed by atoms with Crippen molar-refractivity contribution in [2.24, 2.45) is 0 Å². The van der Waals surface area contributed by atoms with Gasteiger partial charge < -0.3 is 5.32 Å². The highest BCUT2D eigenvalue weighted by Crippen LogP contribution is 2.16. The van der Waals surface area contributed by atoms with Gasteiger partial charge in [0, 0.05) is 23.5 Å². The van der Waals surface area contributed by atoms with Crippen LogP contribution in [0.15, 0.2) is 48.7 Å². The molecule has 2 rings (SSSR count). The normalized spacial score (nSPS) is 10.9. The van der Waals surface area contributed by atoms with Gasteiger partial charge in [-0.3, -0.25) is 4.79 Å². The van der Waals surface area contributed by atoms with Gasteiger partial charge in [-0.05, 0) is 56.5 Å². The molecular weight excluding hydrogens is 258 g/mol. The van der Waals surface area contributed by atoms with Gasteiger partial charge in [-0.2, -0.15) is 0 Å². The van der Waals surface area contributed by atoms with E-state index in [2.05, 4.69) is 30.4 Å². The molecule has 0 bridgehead atoms. The summed E-state index contributed by atoms with van der Waals surface area (Å²) in [6, 6.07) is 12.1. The summed E-state index contributed by atoms with van der Waals surface area (Å²) < 4.78 is 0. The Morgan fingerprint density at radius 2 is 1.52 bits per heavy atom. The Balaban J connectivity index is 2.12. The molecule has 0 aliphatic heterocycles. The van der Waals surface area contributed by atoms with E-state index in [0.717, 1.165) is 27.9 Å². The van der Waals surface area contributed by atoms with E-state index in [9.17, 15) is 4.79 Å². The molecule has 2 heteroatoms. The van der Waals surface area contributed by atoms with Gasteiger partial charge in [0.25, 0.3) is 0 Å². The average Bonchev–Trinajstić information content (AvgIpc) is 2.45. The first-order valence-electron chi connectivity index (χ1n) is 7.09. The van der Waals surface area contributed by atoms with Crippen molar-refractivity contribution in [3.8, 4) is 0 Å². The lowest BCUT2D eigenvalue weighted by Crippen LogP contribution is -2.00. The zero-order valence-corrected chi connectivity index (χ0v) is 13.0. The van der Waals surface area contributed by atoms with Gasteiger partial charge in [-0.1, -0.05) is 29.8 Å². The van der Waals surface area contributed by atoms with Crippen molar-refractivity contribution in [2.75, 3.05) is 5.32 Å². The highest BCUT2D eigenvalue weighted by molar-refractivity contribution is 6.05. The Morgan fingerprint density at radius 1 is 0.905 bits per heavy atom. The number of carbonyl (C=O) groups excluding carboxylic acids is 1. The molecule has 0 heterocycles. The predicted octanol–water partition coefficient (Wildman–Crippen LogP) is 4.73. The molecule has 1 N–H and O–H groups in total. The molecule has 0 amide bonds.